The Balaban J connectivity index is 0. The highest BCUT2D eigenvalue weighted by molar-refractivity contribution is 7.81. The fourth-order valence-electron chi connectivity index (χ4n) is 1.91. The molecular formula is C18H35NS. The highest BCUT2D eigenvalue weighted by Gasteiger charge is 2.12. The Bertz CT molecular complexity index is 286. The maximum atomic E-state index is 4.39. The van der Waals surface area contributed by atoms with Gasteiger partial charge in [-0.25, -0.2) is 0 Å². The van der Waals surface area contributed by atoms with Crippen LogP contribution in [0.15, 0.2) is 24.3 Å². The maximum absolute atomic E-state index is 4.39. The molecule has 20 heavy (non-hydrogen) atoms. The zero-order valence-electron chi connectivity index (χ0n) is 14.7. The number of benzene rings is 1. The van der Waals surface area contributed by atoms with Crippen LogP contribution in [-0.2, 0) is 6.42 Å². The third-order valence-electron chi connectivity index (χ3n) is 2.56. The van der Waals surface area contributed by atoms with Gasteiger partial charge in [0.15, 0.2) is 0 Å². The summed E-state index contributed by atoms with van der Waals surface area (Å²) in [7, 11) is 1.93. The van der Waals surface area contributed by atoms with Gasteiger partial charge in [-0.3, -0.25) is 0 Å². The van der Waals surface area contributed by atoms with E-state index in [0.717, 1.165) is 12.3 Å². The van der Waals surface area contributed by atoms with Crippen LogP contribution < -0.4 is 5.32 Å². The van der Waals surface area contributed by atoms with Crippen LogP contribution in [-0.4, -0.2) is 11.8 Å². The lowest BCUT2D eigenvalue weighted by Gasteiger charge is -2.18. The standard InChI is InChI=1S/C9H13N.C7H16S.C2H6/c1-3-8-4-6-9(10-2)7-5-8;1-6(2)5-7(3,4)8;1-2/h4-7,10H,3H2,1-2H3;6,8H,5H2,1-4H3;1-2H3. The van der Waals surface area contributed by atoms with E-state index in [2.05, 4.69) is 76.8 Å². The van der Waals surface area contributed by atoms with Gasteiger partial charge in [-0.15, -0.1) is 0 Å². The van der Waals surface area contributed by atoms with Gasteiger partial charge in [-0.05, 0) is 36.5 Å². The SMILES string of the molecule is CC.CC(C)CC(C)(C)S.CCc1ccc(NC)cc1. The second-order valence-corrected chi connectivity index (χ2v) is 6.92. The van der Waals surface area contributed by atoms with Crippen LogP contribution in [0.1, 0.15) is 60.5 Å². The molecule has 0 saturated heterocycles. The second kappa shape index (κ2) is 12.1. The molecule has 1 aromatic rings. The lowest BCUT2D eigenvalue weighted by molar-refractivity contribution is 0.506. The summed E-state index contributed by atoms with van der Waals surface area (Å²) >= 11 is 4.39. The van der Waals surface area contributed by atoms with Crippen molar-refractivity contribution in [2.75, 3.05) is 12.4 Å². The predicted octanol–water partition coefficient (Wildman–Crippen LogP) is 6.06. The molecule has 1 nitrogen and oxygen atoms in total. The minimum Gasteiger partial charge on any atom is -0.388 e. The Labute approximate surface area is 133 Å². The Hall–Kier alpha value is -0.630. The molecule has 0 bridgehead atoms. The molecule has 0 fully saturated rings. The van der Waals surface area contributed by atoms with Crippen molar-refractivity contribution < 1.29 is 0 Å². The maximum Gasteiger partial charge on any atom is 0.0337 e. The smallest absolute Gasteiger partial charge is 0.0337 e. The van der Waals surface area contributed by atoms with E-state index >= 15 is 0 Å². The average molecular weight is 298 g/mol. The van der Waals surface area contributed by atoms with Crippen LogP contribution in [0.4, 0.5) is 5.69 Å². The fourth-order valence-corrected chi connectivity index (χ4v) is 2.27. The van der Waals surface area contributed by atoms with Gasteiger partial charge in [0.05, 0.1) is 0 Å². The van der Waals surface area contributed by atoms with E-state index in [1.54, 1.807) is 0 Å². The Morgan fingerprint density at radius 2 is 1.55 bits per heavy atom. The zero-order valence-corrected chi connectivity index (χ0v) is 15.6. The van der Waals surface area contributed by atoms with Crippen LogP contribution in [0.2, 0.25) is 0 Å². The molecule has 0 aliphatic rings. The molecule has 0 heterocycles. The first-order valence-electron chi connectivity index (χ1n) is 7.77. The summed E-state index contributed by atoms with van der Waals surface area (Å²) in [5, 5.41) is 3.08. The van der Waals surface area contributed by atoms with Gasteiger partial charge in [-0.1, -0.05) is 60.6 Å². The Morgan fingerprint density at radius 1 is 1.10 bits per heavy atom. The van der Waals surface area contributed by atoms with E-state index in [9.17, 15) is 0 Å². The number of thiol groups is 1. The zero-order chi connectivity index (χ0) is 16.2. The van der Waals surface area contributed by atoms with Crippen LogP contribution in [0.5, 0.6) is 0 Å². The normalized spacial score (nSPS) is 10.1. The average Bonchev–Trinajstić information content (AvgIpc) is 2.39. The van der Waals surface area contributed by atoms with Crippen molar-refractivity contribution in [1.82, 2.24) is 0 Å². The molecule has 0 saturated carbocycles. The summed E-state index contributed by atoms with van der Waals surface area (Å²) in [6, 6.07) is 8.48. The molecule has 0 aliphatic heterocycles. The van der Waals surface area contributed by atoms with Gasteiger partial charge in [0.25, 0.3) is 0 Å². The molecule has 1 rings (SSSR count). The number of rotatable bonds is 4. The van der Waals surface area contributed by atoms with Gasteiger partial charge in [-0.2, -0.15) is 12.6 Å². The van der Waals surface area contributed by atoms with Crippen molar-refractivity contribution in [3.63, 3.8) is 0 Å². The van der Waals surface area contributed by atoms with Gasteiger partial charge in [0, 0.05) is 17.5 Å². The molecule has 1 aromatic carbocycles. The van der Waals surface area contributed by atoms with E-state index in [1.807, 2.05) is 20.9 Å². The van der Waals surface area contributed by atoms with E-state index in [0.29, 0.717) is 0 Å². The number of aryl methyl sites for hydroxylation is 1. The number of hydrogen-bond acceptors (Lipinski definition) is 2. The van der Waals surface area contributed by atoms with Crippen LogP contribution in [0, 0.1) is 5.92 Å². The summed E-state index contributed by atoms with van der Waals surface area (Å²) < 4.78 is 0.216. The summed E-state index contributed by atoms with van der Waals surface area (Å²) in [5.74, 6) is 0.766. The van der Waals surface area contributed by atoms with Gasteiger partial charge >= 0.3 is 0 Å². The third-order valence-corrected chi connectivity index (χ3v) is 2.74. The highest BCUT2D eigenvalue weighted by Crippen LogP contribution is 2.21. The van der Waals surface area contributed by atoms with Crippen LogP contribution in [0.25, 0.3) is 0 Å². The number of hydrogen-bond donors (Lipinski definition) is 2. The quantitative estimate of drug-likeness (QED) is 0.644. The topological polar surface area (TPSA) is 12.0 Å². The molecule has 2 heteroatoms. The Kier molecular flexibility index (Phi) is 13.1. The van der Waals surface area contributed by atoms with Crippen molar-refractivity contribution in [3.05, 3.63) is 29.8 Å². The van der Waals surface area contributed by atoms with E-state index in [-0.39, 0.29) is 4.75 Å². The Morgan fingerprint density at radius 3 is 1.75 bits per heavy atom. The van der Waals surface area contributed by atoms with Crippen molar-refractivity contribution >= 4 is 18.3 Å². The number of anilines is 1. The van der Waals surface area contributed by atoms with Gasteiger partial charge < -0.3 is 5.32 Å². The molecule has 0 spiro atoms. The van der Waals surface area contributed by atoms with E-state index < -0.39 is 0 Å². The largest absolute Gasteiger partial charge is 0.388 e. The minimum atomic E-state index is 0.216. The molecule has 0 atom stereocenters. The van der Waals surface area contributed by atoms with Crippen molar-refractivity contribution in [3.8, 4) is 0 Å². The van der Waals surface area contributed by atoms with Crippen molar-refractivity contribution in [2.45, 2.75) is 66.1 Å². The molecule has 0 aliphatic carbocycles. The lowest BCUT2D eigenvalue weighted by Crippen LogP contribution is -2.13. The summed E-state index contributed by atoms with van der Waals surface area (Å²) in [4.78, 5) is 0. The summed E-state index contributed by atoms with van der Waals surface area (Å²) in [5.41, 5.74) is 2.57. The first-order chi connectivity index (χ1) is 9.28. The molecule has 0 aromatic heterocycles. The molecule has 0 amide bonds. The van der Waals surface area contributed by atoms with Gasteiger partial charge in [0.1, 0.15) is 0 Å². The van der Waals surface area contributed by atoms with Crippen molar-refractivity contribution in [1.29, 1.82) is 0 Å². The van der Waals surface area contributed by atoms with E-state index in [4.69, 9.17) is 0 Å². The molecule has 1 N–H and O–H groups in total. The first kappa shape index (κ1) is 21.7. The van der Waals surface area contributed by atoms with E-state index in [1.165, 1.54) is 17.7 Å². The highest BCUT2D eigenvalue weighted by atomic mass is 32.1. The fraction of sp³-hybridized carbons (Fsp3) is 0.667. The van der Waals surface area contributed by atoms with Crippen LogP contribution >= 0.6 is 12.6 Å². The van der Waals surface area contributed by atoms with Crippen molar-refractivity contribution in [2.24, 2.45) is 5.92 Å². The predicted molar refractivity (Wildman–Crippen MR) is 99.2 cm³/mol. The molecule has 0 radical (unpaired) electrons. The third kappa shape index (κ3) is 13.8. The second-order valence-electron chi connectivity index (χ2n) is 5.71. The summed E-state index contributed by atoms with van der Waals surface area (Å²) in [6.07, 6.45) is 2.31. The molecular weight excluding hydrogens is 262 g/mol. The monoisotopic (exact) mass is 297 g/mol. The molecule has 0 unspecified atom stereocenters. The first-order valence-corrected chi connectivity index (χ1v) is 8.22. The minimum absolute atomic E-state index is 0.216. The summed E-state index contributed by atoms with van der Waals surface area (Å²) in [6.45, 7) is 14.9. The lowest BCUT2D eigenvalue weighted by atomic mass is 10.0. The van der Waals surface area contributed by atoms with Gasteiger partial charge in [0.2, 0.25) is 0 Å². The molecule has 118 valence electrons. The van der Waals surface area contributed by atoms with Crippen LogP contribution in [0.3, 0.4) is 0 Å². The number of nitrogens with one attached hydrogen (secondary N) is 1.